The Bertz CT molecular complexity index is 441. The third-order valence-electron chi connectivity index (χ3n) is 3.67. The molecule has 2 atom stereocenters. The molecule has 0 saturated heterocycles. The molecule has 3 amide bonds. The number of urea groups is 1. The van der Waals surface area contributed by atoms with Crippen LogP contribution in [0.1, 0.15) is 33.6 Å². The van der Waals surface area contributed by atoms with Crippen molar-refractivity contribution in [2.24, 2.45) is 15.8 Å². The molecule has 6 heteroatoms. The second kappa shape index (κ2) is 5.87. The van der Waals surface area contributed by atoms with Crippen LogP contribution in [0, 0.1) is 23.2 Å². The molecule has 0 bridgehead atoms. The summed E-state index contributed by atoms with van der Waals surface area (Å²) in [6.45, 7) is 5.15. The SMILES string of the molecule is C#CC(C)(CC)C1(CC)C(=O)NC(=O)N=C1[O-].[Na+]. The van der Waals surface area contributed by atoms with Crippen LogP contribution in [0.25, 0.3) is 0 Å². The third-order valence-corrected chi connectivity index (χ3v) is 3.67. The number of carbonyl (C=O) groups is 2. The molecule has 92 valence electrons. The summed E-state index contributed by atoms with van der Waals surface area (Å²) < 4.78 is 0. The van der Waals surface area contributed by atoms with Crippen LogP contribution in [0.4, 0.5) is 4.79 Å². The molecule has 1 aliphatic rings. The molecule has 0 aromatic heterocycles. The number of rotatable bonds is 3. The van der Waals surface area contributed by atoms with Gasteiger partial charge in [0.1, 0.15) is 0 Å². The van der Waals surface area contributed by atoms with E-state index in [4.69, 9.17) is 6.42 Å². The first-order valence-corrected chi connectivity index (χ1v) is 5.47. The smallest absolute Gasteiger partial charge is 0.861 e. The Morgan fingerprint density at radius 2 is 2.06 bits per heavy atom. The molecular weight excluding hydrogens is 243 g/mol. The number of terminal acetylenes is 1. The second-order valence-electron chi connectivity index (χ2n) is 4.27. The van der Waals surface area contributed by atoms with Gasteiger partial charge in [0.15, 0.2) is 0 Å². The number of imide groups is 1. The summed E-state index contributed by atoms with van der Waals surface area (Å²) in [7, 11) is 0. The first-order valence-electron chi connectivity index (χ1n) is 5.47. The van der Waals surface area contributed by atoms with Crippen molar-refractivity contribution in [1.29, 1.82) is 0 Å². The van der Waals surface area contributed by atoms with E-state index in [1.807, 2.05) is 0 Å². The average Bonchev–Trinajstić information content (AvgIpc) is 2.28. The first kappa shape index (κ1) is 17.2. The molecule has 2 unspecified atom stereocenters. The Hall–Kier alpha value is -0.830. The fourth-order valence-corrected chi connectivity index (χ4v) is 2.23. The summed E-state index contributed by atoms with van der Waals surface area (Å²) in [4.78, 5) is 26.4. The maximum atomic E-state index is 12.0. The molecule has 0 aromatic rings. The van der Waals surface area contributed by atoms with Crippen LogP contribution in [0.3, 0.4) is 0 Å². The van der Waals surface area contributed by atoms with Gasteiger partial charge in [0.05, 0.1) is 5.41 Å². The number of aliphatic imine (C=N–C) groups is 1. The summed E-state index contributed by atoms with van der Waals surface area (Å²) in [5, 5.41) is 14.1. The van der Waals surface area contributed by atoms with Crippen LogP contribution in [0.2, 0.25) is 0 Å². The zero-order valence-electron chi connectivity index (χ0n) is 11.2. The van der Waals surface area contributed by atoms with E-state index in [9.17, 15) is 14.7 Å². The molecule has 18 heavy (non-hydrogen) atoms. The van der Waals surface area contributed by atoms with Crippen molar-refractivity contribution in [3.05, 3.63) is 0 Å². The molecule has 1 N–H and O–H groups in total. The van der Waals surface area contributed by atoms with Gasteiger partial charge in [-0.15, -0.1) is 6.42 Å². The number of hydrogen-bond donors (Lipinski definition) is 1. The summed E-state index contributed by atoms with van der Waals surface area (Å²) in [5.41, 5.74) is -2.39. The quantitative estimate of drug-likeness (QED) is 0.447. The fourth-order valence-electron chi connectivity index (χ4n) is 2.23. The van der Waals surface area contributed by atoms with Crippen LogP contribution in [-0.4, -0.2) is 17.8 Å². The number of hydrogen-bond acceptors (Lipinski definition) is 3. The molecule has 0 radical (unpaired) electrons. The van der Waals surface area contributed by atoms with Gasteiger partial charge in [-0.25, -0.2) is 9.79 Å². The van der Waals surface area contributed by atoms with Crippen LogP contribution >= 0.6 is 0 Å². The van der Waals surface area contributed by atoms with Gasteiger partial charge in [-0.1, -0.05) is 19.8 Å². The monoisotopic (exact) mass is 258 g/mol. The van der Waals surface area contributed by atoms with Gasteiger partial charge >= 0.3 is 35.6 Å². The Morgan fingerprint density at radius 3 is 2.39 bits per heavy atom. The Balaban J connectivity index is 0.00000289. The van der Waals surface area contributed by atoms with Crippen LogP contribution < -0.4 is 40.0 Å². The first-order chi connectivity index (χ1) is 7.87. The van der Waals surface area contributed by atoms with Crippen LogP contribution in [-0.2, 0) is 4.79 Å². The van der Waals surface area contributed by atoms with Gasteiger partial charge in [0, 0.05) is 5.41 Å². The molecular formula is C12H15N2NaO3. The molecule has 0 aliphatic carbocycles. The summed E-state index contributed by atoms with van der Waals surface area (Å²) in [6.07, 6.45) is 6.12. The van der Waals surface area contributed by atoms with E-state index < -0.39 is 28.7 Å². The van der Waals surface area contributed by atoms with Gasteiger partial charge in [-0.05, 0) is 25.7 Å². The predicted molar refractivity (Wildman–Crippen MR) is 60.9 cm³/mol. The van der Waals surface area contributed by atoms with Gasteiger partial charge in [0.2, 0.25) is 5.91 Å². The molecule has 0 spiro atoms. The van der Waals surface area contributed by atoms with Crippen molar-refractivity contribution in [3.63, 3.8) is 0 Å². The largest absolute Gasteiger partial charge is 1.00 e. The average molecular weight is 258 g/mol. The minimum atomic E-state index is -1.44. The third kappa shape index (κ3) is 2.20. The minimum Gasteiger partial charge on any atom is -0.861 e. The maximum Gasteiger partial charge on any atom is 1.00 e. The van der Waals surface area contributed by atoms with E-state index in [1.165, 1.54) is 0 Å². The van der Waals surface area contributed by atoms with Gasteiger partial charge in [-0.2, -0.15) is 0 Å². The molecule has 1 aliphatic heterocycles. The maximum absolute atomic E-state index is 12.0. The molecule has 1 rings (SSSR count). The molecule has 1 heterocycles. The van der Waals surface area contributed by atoms with E-state index in [-0.39, 0.29) is 36.0 Å². The second-order valence-corrected chi connectivity index (χ2v) is 4.27. The van der Waals surface area contributed by atoms with Crippen molar-refractivity contribution >= 4 is 17.8 Å². The molecule has 0 saturated carbocycles. The molecule has 0 aromatic carbocycles. The number of carbonyl (C=O) groups excluding carboxylic acids is 2. The zero-order valence-corrected chi connectivity index (χ0v) is 13.2. The van der Waals surface area contributed by atoms with E-state index >= 15 is 0 Å². The Labute approximate surface area is 129 Å². The van der Waals surface area contributed by atoms with Gasteiger partial charge in [0.25, 0.3) is 0 Å². The Kier molecular flexibility index (Phi) is 5.60. The van der Waals surface area contributed by atoms with E-state index in [1.54, 1.807) is 20.8 Å². The minimum absolute atomic E-state index is 0. The summed E-state index contributed by atoms with van der Waals surface area (Å²) in [5.74, 6) is 1.13. The van der Waals surface area contributed by atoms with Gasteiger partial charge < -0.3 is 5.11 Å². The van der Waals surface area contributed by atoms with Crippen molar-refractivity contribution in [2.45, 2.75) is 33.6 Å². The van der Waals surface area contributed by atoms with Crippen molar-refractivity contribution in [1.82, 2.24) is 5.32 Å². The predicted octanol–water partition coefficient (Wildman–Crippen LogP) is -2.56. The zero-order chi connectivity index (χ0) is 13.3. The van der Waals surface area contributed by atoms with E-state index in [0.29, 0.717) is 6.42 Å². The summed E-state index contributed by atoms with van der Waals surface area (Å²) >= 11 is 0. The van der Waals surface area contributed by atoms with Gasteiger partial charge in [-0.3, -0.25) is 10.1 Å². The number of nitrogens with one attached hydrogen (secondary N) is 1. The topological polar surface area (TPSA) is 81.6 Å². The Morgan fingerprint density at radius 1 is 1.50 bits per heavy atom. The van der Waals surface area contributed by atoms with Crippen LogP contribution in [0.5, 0.6) is 0 Å². The van der Waals surface area contributed by atoms with Crippen molar-refractivity contribution in [3.8, 4) is 12.3 Å². The van der Waals surface area contributed by atoms with E-state index in [0.717, 1.165) is 0 Å². The standard InChI is InChI=1S/C12H16N2O3.Na/c1-5-11(4,6-2)12(7-3)8(15)13-10(17)14-9(12)16;/h1H,6-7H2,2-4H3,(H2,13,14,15,16,17);/q;+1/p-1. The van der Waals surface area contributed by atoms with Crippen molar-refractivity contribution < 1.29 is 44.3 Å². The van der Waals surface area contributed by atoms with Crippen molar-refractivity contribution in [2.75, 3.05) is 0 Å². The molecule has 5 nitrogen and oxygen atoms in total. The summed E-state index contributed by atoms with van der Waals surface area (Å²) in [6, 6.07) is -0.917. The normalized spacial score (nSPS) is 26.2. The fraction of sp³-hybridized carbons (Fsp3) is 0.583. The van der Waals surface area contributed by atoms with Crippen LogP contribution in [0.15, 0.2) is 4.99 Å². The van der Waals surface area contributed by atoms with E-state index in [2.05, 4.69) is 16.2 Å². The number of nitrogens with zero attached hydrogens (tertiary/aromatic N) is 1. The molecule has 0 fully saturated rings. The number of amides is 3.